The fourth-order valence-corrected chi connectivity index (χ4v) is 1.66. The van der Waals surface area contributed by atoms with Crippen molar-refractivity contribution in [2.75, 3.05) is 20.2 Å². The molecule has 0 N–H and O–H groups in total. The molecule has 1 amide bonds. The van der Waals surface area contributed by atoms with Gasteiger partial charge in [0.25, 0.3) is 5.91 Å². The normalized spacial score (nSPS) is 24.2. The highest BCUT2D eigenvalue weighted by atomic mass is 16.5. The van der Waals surface area contributed by atoms with Gasteiger partial charge in [-0.05, 0) is 5.41 Å². The van der Waals surface area contributed by atoms with Crippen LogP contribution in [-0.2, 0) is 9.53 Å². The highest BCUT2D eigenvalue weighted by molar-refractivity contribution is 5.83. The second-order valence-electron chi connectivity index (χ2n) is 4.83. The first-order valence-electron chi connectivity index (χ1n) is 4.75. The fourth-order valence-electron chi connectivity index (χ4n) is 1.66. The van der Waals surface area contributed by atoms with Crippen molar-refractivity contribution in [2.45, 2.75) is 33.3 Å². The largest absolute Gasteiger partial charge is 0.372 e. The lowest BCUT2D eigenvalue weighted by molar-refractivity contribution is -0.136. The van der Waals surface area contributed by atoms with Crippen LogP contribution in [0.15, 0.2) is 0 Å². The van der Waals surface area contributed by atoms with Gasteiger partial charge in [-0.15, -0.1) is 0 Å². The molecule has 1 saturated heterocycles. The zero-order chi connectivity index (χ0) is 10.1. The number of hydrogen-bond acceptors (Lipinski definition) is 2. The van der Waals surface area contributed by atoms with E-state index in [1.54, 1.807) is 7.11 Å². The fraction of sp³-hybridized carbons (Fsp3) is 0.900. The first kappa shape index (κ1) is 10.5. The Morgan fingerprint density at radius 2 is 2.15 bits per heavy atom. The summed E-state index contributed by atoms with van der Waals surface area (Å²) in [7, 11) is 1.60. The third-order valence-electron chi connectivity index (χ3n) is 2.20. The van der Waals surface area contributed by atoms with Crippen LogP contribution < -0.4 is 0 Å². The Morgan fingerprint density at radius 1 is 1.54 bits per heavy atom. The molecule has 1 aliphatic rings. The molecule has 0 bridgehead atoms. The maximum atomic E-state index is 11.6. The van der Waals surface area contributed by atoms with Crippen LogP contribution in [-0.4, -0.2) is 37.1 Å². The van der Waals surface area contributed by atoms with Crippen LogP contribution >= 0.6 is 0 Å². The molecule has 0 saturated carbocycles. The lowest BCUT2D eigenvalue weighted by Gasteiger charge is -2.26. The van der Waals surface area contributed by atoms with E-state index in [0.717, 1.165) is 19.5 Å². The molecule has 1 heterocycles. The molecule has 76 valence electrons. The number of rotatable bonds is 2. The maximum absolute atomic E-state index is 11.6. The first-order chi connectivity index (χ1) is 5.94. The van der Waals surface area contributed by atoms with Crippen LogP contribution in [0.25, 0.3) is 0 Å². The lowest BCUT2D eigenvalue weighted by Crippen LogP contribution is -2.36. The molecule has 0 aliphatic carbocycles. The molecule has 1 rings (SSSR count). The van der Waals surface area contributed by atoms with Crippen LogP contribution in [0.5, 0.6) is 0 Å². The number of nitrogens with zero attached hydrogens (tertiary/aromatic N) is 1. The Balaban J connectivity index is 2.51. The van der Waals surface area contributed by atoms with Gasteiger partial charge in [0.15, 0.2) is 0 Å². The third kappa shape index (κ3) is 2.69. The molecule has 3 heteroatoms. The number of amides is 1. The summed E-state index contributed by atoms with van der Waals surface area (Å²) < 4.78 is 5.08. The smallest absolute Gasteiger partial charge is 0.251 e. The molecule has 1 fully saturated rings. The zero-order valence-corrected chi connectivity index (χ0v) is 8.96. The third-order valence-corrected chi connectivity index (χ3v) is 2.20. The average Bonchev–Trinajstić information content (AvgIpc) is 2.30. The van der Waals surface area contributed by atoms with Crippen LogP contribution in [0.1, 0.15) is 27.2 Å². The van der Waals surface area contributed by atoms with E-state index in [2.05, 4.69) is 20.8 Å². The van der Waals surface area contributed by atoms with E-state index in [0.29, 0.717) is 0 Å². The molecule has 1 atom stereocenters. The molecule has 0 spiro atoms. The van der Waals surface area contributed by atoms with E-state index < -0.39 is 0 Å². The van der Waals surface area contributed by atoms with E-state index >= 15 is 0 Å². The van der Waals surface area contributed by atoms with Crippen molar-refractivity contribution < 1.29 is 9.53 Å². The van der Waals surface area contributed by atoms with E-state index in [4.69, 9.17) is 4.74 Å². The molecule has 0 unspecified atom stereocenters. The molecule has 3 nitrogen and oxygen atoms in total. The number of likely N-dealkylation sites (tertiary alicyclic amines) is 1. The summed E-state index contributed by atoms with van der Waals surface area (Å²) in [6.45, 7) is 8.08. The Labute approximate surface area is 80.1 Å². The Morgan fingerprint density at radius 3 is 2.54 bits per heavy atom. The predicted octanol–water partition coefficient (Wildman–Crippen LogP) is 1.28. The minimum absolute atomic E-state index is 0.150. The summed E-state index contributed by atoms with van der Waals surface area (Å²) in [5.41, 5.74) is 0.179. The number of hydrogen-bond donors (Lipinski definition) is 0. The van der Waals surface area contributed by atoms with Crippen LogP contribution in [0.2, 0.25) is 0 Å². The summed E-state index contributed by atoms with van der Waals surface area (Å²) in [6, 6.07) is 0. The van der Waals surface area contributed by atoms with Crippen molar-refractivity contribution in [3.63, 3.8) is 0 Å². The van der Waals surface area contributed by atoms with Gasteiger partial charge in [0, 0.05) is 26.6 Å². The molecular weight excluding hydrogens is 166 g/mol. The molecule has 1 aliphatic heterocycles. The summed E-state index contributed by atoms with van der Waals surface area (Å²) in [4.78, 5) is 13.5. The quantitative estimate of drug-likeness (QED) is 0.648. The van der Waals surface area contributed by atoms with Crippen LogP contribution in [0, 0.1) is 5.41 Å². The molecule has 0 aromatic carbocycles. The standard InChI is InChI=1S/C10H19NO2/c1-10(2,3)7-11-6-5-8(13-4)9(11)12/h8H,5-7H2,1-4H3/t8-/m1/s1. The first-order valence-corrected chi connectivity index (χ1v) is 4.75. The molecule has 0 radical (unpaired) electrons. The van der Waals surface area contributed by atoms with E-state index in [1.165, 1.54) is 0 Å². The summed E-state index contributed by atoms with van der Waals surface area (Å²) in [6.07, 6.45) is 0.646. The minimum atomic E-state index is -0.192. The molecule has 0 aromatic rings. The van der Waals surface area contributed by atoms with Gasteiger partial charge in [0.05, 0.1) is 0 Å². The summed E-state index contributed by atoms with van der Waals surface area (Å²) in [5, 5.41) is 0. The van der Waals surface area contributed by atoms with E-state index in [1.807, 2.05) is 4.90 Å². The topological polar surface area (TPSA) is 29.5 Å². The SMILES string of the molecule is CO[C@@H]1CCN(CC(C)(C)C)C1=O. The lowest BCUT2D eigenvalue weighted by atomic mass is 9.96. The van der Waals surface area contributed by atoms with Gasteiger partial charge >= 0.3 is 0 Å². The Kier molecular flexibility index (Phi) is 2.96. The number of carbonyl (C=O) groups is 1. The highest BCUT2D eigenvalue weighted by Gasteiger charge is 2.33. The van der Waals surface area contributed by atoms with E-state index in [-0.39, 0.29) is 17.4 Å². The maximum Gasteiger partial charge on any atom is 0.251 e. The number of carbonyl (C=O) groups excluding carboxylic acids is 1. The van der Waals surface area contributed by atoms with Crippen molar-refractivity contribution in [1.82, 2.24) is 4.90 Å². The Bertz CT molecular complexity index is 196. The van der Waals surface area contributed by atoms with Crippen molar-refractivity contribution in [3.8, 4) is 0 Å². The second-order valence-corrected chi connectivity index (χ2v) is 4.83. The van der Waals surface area contributed by atoms with Gasteiger partial charge in [-0.1, -0.05) is 20.8 Å². The van der Waals surface area contributed by atoms with Gasteiger partial charge in [0.2, 0.25) is 0 Å². The summed E-state index contributed by atoms with van der Waals surface area (Å²) in [5.74, 6) is 0.150. The zero-order valence-electron chi connectivity index (χ0n) is 8.96. The van der Waals surface area contributed by atoms with Gasteiger partial charge in [-0.2, -0.15) is 0 Å². The van der Waals surface area contributed by atoms with E-state index in [9.17, 15) is 4.79 Å². The van der Waals surface area contributed by atoms with Gasteiger partial charge in [-0.3, -0.25) is 4.79 Å². The molecule has 0 aromatic heterocycles. The Hall–Kier alpha value is -0.570. The van der Waals surface area contributed by atoms with Crippen molar-refractivity contribution >= 4 is 5.91 Å². The van der Waals surface area contributed by atoms with Crippen LogP contribution in [0.3, 0.4) is 0 Å². The van der Waals surface area contributed by atoms with Gasteiger partial charge in [0.1, 0.15) is 6.10 Å². The van der Waals surface area contributed by atoms with Crippen LogP contribution in [0.4, 0.5) is 0 Å². The van der Waals surface area contributed by atoms with Gasteiger partial charge in [-0.25, -0.2) is 0 Å². The van der Waals surface area contributed by atoms with Crippen molar-refractivity contribution in [1.29, 1.82) is 0 Å². The summed E-state index contributed by atoms with van der Waals surface area (Å²) >= 11 is 0. The second kappa shape index (κ2) is 3.66. The van der Waals surface area contributed by atoms with Crippen molar-refractivity contribution in [3.05, 3.63) is 0 Å². The van der Waals surface area contributed by atoms with Gasteiger partial charge < -0.3 is 9.64 Å². The monoisotopic (exact) mass is 185 g/mol. The molecular formula is C10H19NO2. The number of ether oxygens (including phenoxy) is 1. The predicted molar refractivity (Wildman–Crippen MR) is 51.4 cm³/mol. The minimum Gasteiger partial charge on any atom is -0.372 e. The number of methoxy groups -OCH3 is 1. The highest BCUT2D eigenvalue weighted by Crippen LogP contribution is 2.21. The van der Waals surface area contributed by atoms with Crippen molar-refractivity contribution in [2.24, 2.45) is 5.41 Å². The molecule has 13 heavy (non-hydrogen) atoms. The average molecular weight is 185 g/mol.